The van der Waals surface area contributed by atoms with E-state index in [9.17, 15) is 9.59 Å². The molecule has 6 heteroatoms. The lowest BCUT2D eigenvalue weighted by molar-refractivity contribution is -0.153. The van der Waals surface area contributed by atoms with Crippen LogP contribution in [0.3, 0.4) is 0 Å². The minimum atomic E-state index is -0.647. The molecule has 21 heavy (non-hydrogen) atoms. The summed E-state index contributed by atoms with van der Waals surface area (Å²) in [5, 5.41) is 9.49. The van der Waals surface area contributed by atoms with Gasteiger partial charge in [0.25, 0.3) is 0 Å². The molecule has 0 aromatic heterocycles. The highest BCUT2D eigenvalue weighted by Crippen LogP contribution is 2.25. The zero-order chi connectivity index (χ0) is 16.2. The first kappa shape index (κ1) is 17.0. The van der Waals surface area contributed by atoms with Crippen molar-refractivity contribution in [3.63, 3.8) is 0 Å². The van der Waals surface area contributed by atoms with E-state index in [1.54, 1.807) is 26.8 Å². The summed E-state index contributed by atoms with van der Waals surface area (Å²) in [5.41, 5.74) is -0.0899. The van der Waals surface area contributed by atoms with Gasteiger partial charge in [0, 0.05) is 11.9 Å². The van der Waals surface area contributed by atoms with Crippen molar-refractivity contribution in [1.29, 1.82) is 5.26 Å². The summed E-state index contributed by atoms with van der Waals surface area (Å²) >= 11 is 5.90. The second-order valence-corrected chi connectivity index (χ2v) is 5.90. The van der Waals surface area contributed by atoms with E-state index in [0.29, 0.717) is 10.7 Å². The van der Waals surface area contributed by atoms with E-state index in [1.807, 2.05) is 6.07 Å². The number of anilines is 1. The molecule has 1 aromatic rings. The summed E-state index contributed by atoms with van der Waals surface area (Å²) in [6.45, 7) is 6.25. The van der Waals surface area contributed by atoms with Gasteiger partial charge < -0.3 is 9.64 Å². The van der Waals surface area contributed by atoms with Gasteiger partial charge in [-0.2, -0.15) is 5.26 Å². The van der Waals surface area contributed by atoms with Gasteiger partial charge in [-0.25, -0.2) is 0 Å². The Kier molecular flexibility index (Phi) is 5.34. The zero-order valence-corrected chi connectivity index (χ0v) is 13.2. The molecule has 1 aromatic carbocycles. The van der Waals surface area contributed by atoms with Crippen LogP contribution in [-0.2, 0) is 14.3 Å². The predicted octanol–water partition coefficient (Wildman–Crippen LogP) is 2.91. The first-order valence-corrected chi connectivity index (χ1v) is 6.71. The molecule has 0 atom stereocenters. The smallest absolute Gasteiger partial charge is 0.326 e. The number of benzene rings is 1. The highest BCUT2D eigenvalue weighted by Gasteiger charge is 2.23. The number of nitriles is 1. The van der Waals surface area contributed by atoms with Crippen LogP contribution in [0.5, 0.6) is 0 Å². The van der Waals surface area contributed by atoms with E-state index in [2.05, 4.69) is 0 Å². The van der Waals surface area contributed by atoms with Crippen molar-refractivity contribution in [3.8, 4) is 6.07 Å². The zero-order valence-electron chi connectivity index (χ0n) is 12.4. The molecule has 0 bridgehead atoms. The number of carbonyl (C=O) groups excluding carboxylic acids is 2. The number of halogens is 1. The van der Waals surface area contributed by atoms with E-state index in [1.165, 1.54) is 24.0 Å². The first-order valence-electron chi connectivity index (χ1n) is 6.33. The Balaban J connectivity index is 3.09. The molecule has 1 rings (SSSR count). The molecule has 112 valence electrons. The fourth-order valence-corrected chi connectivity index (χ4v) is 1.86. The summed E-state index contributed by atoms with van der Waals surface area (Å²) in [4.78, 5) is 24.9. The lowest BCUT2D eigenvalue weighted by Gasteiger charge is -2.25. The molecule has 0 aliphatic heterocycles. The van der Waals surface area contributed by atoms with Crippen molar-refractivity contribution in [3.05, 3.63) is 28.8 Å². The number of hydrogen-bond acceptors (Lipinski definition) is 4. The average molecular weight is 309 g/mol. The van der Waals surface area contributed by atoms with Crippen LogP contribution < -0.4 is 4.90 Å². The molecule has 0 unspecified atom stereocenters. The lowest BCUT2D eigenvalue weighted by Crippen LogP contribution is -2.38. The number of ether oxygens (including phenoxy) is 1. The fourth-order valence-electron chi connectivity index (χ4n) is 1.69. The van der Waals surface area contributed by atoms with Crippen LogP contribution in [0.25, 0.3) is 0 Å². The van der Waals surface area contributed by atoms with E-state index in [4.69, 9.17) is 21.6 Å². The minimum absolute atomic E-state index is 0.262. The van der Waals surface area contributed by atoms with E-state index in [0.717, 1.165) is 0 Å². The van der Waals surface area contributed by atoms with Gasteiger partial charge >= 0.3 is 5.97 Å². The molecular weight excluding hydrogens is 292 g/mol. The highest BCUT2D eigenvalue weighted by atomic mass is 35.5. The minimum Gasteiger partial charge on any atom is -0.459 e. The van der Waals surface area contributed by atoms with Crippen molar-refractivity contribution in [2.45, 2.75) is 33.3 Å². The van der Waals surface area contributed by atoms with Gasteiger partial charge in [-0.1, -0.05) is 11.6 Å². The van der Waals surface area contributed by atoms with E-state index in [-0.39, 0.29) is 18.0 Å². The Hall–Kier alpha value is -2.06. The molecule has 1 amide bonds. The molecule has 0 aliphatic rings. The van der Waals surface area contributed by atoms with Gasteiger partial charge in [-0.3, -0.25) is 9.59 Å². The number of esters is 1. The Morgan fingerprint density at radius 3 is 2.48 bits per heavy atom. The summed E-state index contributed by atoms with van der Waals surface area (Å²) in [6, 6.07) is 6.51. The van der Waals surface area contributed by atoms with E-state index < -0.39 is 11.6 Å². The molecule has 0 aliphatic carbocycles. The SMILES string of the molecule is CC(=O)N(CC(=O)OC(C)(C)C)c1cc(Cl)ccc1C#N. The standard InChI is InChI=1S/C15H17ClN2O3/c1-10(19)18(9-14(20)21-15(2,3)4)13-7-12(16)6-5-11(13)8-17/h5-7H,9H2,1-4H3. The van der Waals surface area contributed by atoms with Gasteiger partial charge in [0.1, 0.15) is 18.2 Å². The number of nitrogens with zero attached hydrogens (tertiary/aromatic N) is 2. The summed E-state index contributed by atoms with van der Waals surface area (Å²) in [5.74, 6) is -0.929. The van der Waals surface area contributed by atoms with Crippen molar-refractivity contribution < 1.29 is 14.3 Å². The molecule has 0 radical (unpaired) electrons. The van der Waals surface area contributed by atoms with Crippen LogP contribution >= 0.6 is 11.6 Å². The predicted molar refractivity (Wildman–Crippen MR) is 80.0 cm³/mol. The highest BCUT2D eigenvalue weighted by molar-refractivity contribution is 6.31. The third-order valence-corrected chi connectivity index (χ3v) is 2.69. The molecule has 0 heterocycles. The summed E-state index contributed by atoms with van der Waals surface area (Å²) in [6.07, 6.45) is 0. The lowest BCUT2D eigenvalue weighted by atomic mass is 10.1. The molecule has 0 saturated heterocycles. The quantitative estimate of drug-likeness (QED) is 0.805. The van der Waals surface area contributed by atoms with Gasteiger partial charge in [-0.05, 0) is 39.0 Å². The average Bonchev–Trinajstić information content (AvgIpc) is 2.33. The van der Waals surface area contributed by atoms with E-state index >= 15 is 0 Å². The molecule has 0 N–H and O–H groups in total. The molecule has 5 nitrogen and oxygen atoms in total. The Morgan fingerprint density at radius 2 is 2.00 bits per heavy atom. The second-order valence-electron chi connectivity index (χ2n) is 5.46. The van der Waals surface area contributed by atoms with Crippen LogP contribution in [0, 0.1) is 11.3 Å². The number of rotatable bonds is 3. The number of carbonyl (C=O) groups is 2. The van der Waals surface area contributed by atoms with Gasteiger partial charge in [0.2, 0.25) is 5.91 Å². The van der Waals surface area contributed by atoms with Gasteiger partial charge in [-0.15, -0.1) is 0 Å². The second kappa shape index (κ2) is 6.59. The Bertz CT molecular complexity index is 600. The maximum Gasteiger partial charge on any atom is 0.326 e. The topological polar surface area (TPSA) is 70.4 Å². The van der Waals surface area contributed by atoms with Crippen molar-refractivity contribution >= 4 is 29.2 Å². The maximum absolute atomic E-state index is 11.9. The Labute approximate surface area is 129 Å². The van der Waals surface area contributed by atoms with Crippen molar-refractivity contribution in [1.82, 2.24) is 0 Å². The van der Waals surface area contributed by atoms with Gasteiger partial charge in [0.15, 0.2) is 0 Å². The number of amides is 1. The normalized spacial score (nSPS) is 10.7. The third-order valence-electron chi connectivity index (χ3n) is 2.46. The summed E-state index contributed by atoms with van der Waals surface area (Å²) < 4.78 is 5.19. The van der Waals surface area contributed by atoms with Crippen molar-refractivity contribution in [2.75, 3.05) is 11.4 Å². The van der Waals surface area contributed by atoms with Gasteiger partial charge in [0.05, 0.1) is 11.3 Å². The van der Waals surface area contributed by atoms with Crippen LogP contribution in [0.15, 0.2) is 18.2 Å². The number of hydrogen-bond donors (Lipinski definition) is 0. The molecule has 0 saturated carbocycles. The third kappa shape index (κ3) is 5.09. The van der Waals surface area contributed by atoms with Crippen LogP contribution in [0.4, 0.5) is 5.69 Å². The maximum atomic E-state index is 11.9. The molecule has 0 fully saturated rings. The first-order chi connectivity index (χ1) is 9.64. The van der Waals surface area contributed by atoms with Crippen LogP contribution in [0.2, 0.25) is 5.02 Å². The monoisotopic (exact) mass is 308 g/mol. The fraction of sp³-hybridized carbons (Fsp3) is 0.400. The van der Waals surface area contributed by atoms with Crippen molar-refractivity contribution in [2.24, 2.45) is 0 Å². The largest absolute Gasteiger partial charge is 0.459 e. The van der Waals surface area contributed by atoms with Crippen LogP contribution in [0.1, 0.15) is 33.3 Å². The van der Waals surface area contributed by atoms with Crippen LogP contribution in [-0.4, -0.2) is 24.0 Å². The Morgan fingerprint density at radius 1 is 1.38 bits per heavy atom. The molecule has 0 spiro atoms. The summed E-state index contributed by atoms with van der Waals surface area (Å²) in [7, 11) is 0. The molecular formula is C15H17ClN2O3.